The van der Waals surface area contributed by atoms with E-state index in [9.17, 15) is 0 Å². The molecule has 0 aromatic heterocycles. The minimum absolute atomic E-state index is 0.439. The van der Waals surface area contributed by atoms with Crippen LogP contribution in [0.5, 0.6) is 0 Å². The van der Waals surface area contributed by atoms with Crippen LogP contribution in [0.4, 0.5) is 11.4 Å². The molecule has 1 saturated heterocycles. The number of anilines is 2. The van der Waals surface area contributed by atoms with E-state index in [0.717, 1.165) is 13.1 Å². The fraction of sp³-hybridized carbons (Fsp3) is 0.455. The molecule has 0 unspecified atom stereocenters. The summed E-state index contributed by atoms with van der Waals surface area (Å²) >= 11 is 5.86. The van der Waals surface area contributed by atoms with E-state index in [4.69, 9.17) is 17.3 Å². The van der Waals surface area contributed by atoms with Crippen LogP contribution >= 0.6 is 11.6 Å². The second kappa shape index (κ2) is 3.06. The minimum Gasteiger partial charge on any atom is -0.397 e. The third kappa shape index (κ3) is 1.67. The van der Waals surface area contributed by atoms with Crippen LogP contribution in [-0.4, -0.2) is 13.1 Å². The van der Waals surface area contributed by atoms with Crippen LogP contribution in [-0.2, 0) is 0 Å². The van der Waals surface area contributed by atoms with Gasteiger partial charge in [-0.25, -0.2) is 0 Å². The number of hydrogen-bond donors (Lipinski definition) is 1. The Kier molecular flexibility index (Phi) is 2.11. The lowest BCUT2D eigenvalue weighted by Gasteiger charge is -2.47. The molecule has 0 amide bonds. The molecule has 3 heteroatoms. The minimum atomic E-state index is 0.439. The van der Waals surface area contributed by atoms with Crippen molar-refractivity contribution in [1.29, 1.82) is 0 Å². The molecule has 1 heterocycles. The van der Waals surface area contributed by atoms with Crippen LogP contribution in [0, 0.1) is 5.41 Å². The van der Waals surface area contributed by atoms with Gasteiger partial charge in [0.2, 0.25) is 0 Å². The highest BCUT2D eigenvalue weighted by Crippen LogP contribution is 2.35. The summed E-state index contributed by atoms with van der Waals surface area (Å²) in [4.78, 5) is 2.31. The molecule has 0 spiro atoms. The summed E-state index contributed by atoms with van der Waals surface area (Å²) < 4.78 is 0. The first-order valence-corrected chi connectivity index (χ1v) is 5.16. The summed E-state index contributed by atoms with van der Waals surface area (Å²) in [7, 11) is 0. The standard InChI is InChI=1S/C11H15ClN2/c1-11(2)6-14(7-11)8-3-4-9(12)10(13)5-8/h3-5H,6-7,13H2,1-2H3. The molecule has 0 atom stereocenters. The van der Waals surface area contributed by atoms with Crippen LogP contribution in [0.2, 0.25) is 5.02 Å². The molecule has 14 heavy (non-hydrogen) atoms. The van der Waals surface area contributed by atoms with Gasteiger partial charge in [0, 0.05) is 18.8 Å². The third-order valence-electron chi connectivity index (χ3n) is 2.58. The van der Waals surface area contributed by atoms with Crippen molar-refractivity contribution in [3.05, 3.63) is 23.2 Å². The summed E-state index contributed by atoms with van der Waals surface area (Å²) in [5.41, 5.74) is 8.02. The first-order valence-electron chi connectivity index (χ1n) is 4.78. The predicted molar refractivity (Wildman–Crippen MR) is 61.9 cm³/mol. The number of benzene rings is 1. The molecule has 0 aliphatic carbocycles. The van der Waals surface area contributed by atoms with Crippen molar-refractivity contribution in [2.75, 3.05) is 23.7 Å². The van der Waals surface area contributed by atoms with Gasteiger partial charge in [0.15, 0.2) is 0 Å². The van der Waals surface area contributed by atoms with Gasteiger partial charge < -0.3 is 10.6 Å². The van der Waals surface area contributed by atoms with Crippen LogP contribution in [0.25, 0.3) is 0 Å². The Balaban J connectivity index is 2.16. The first kappa shape index (κ1) is 9.66. The molecule has 1 fully saturated rings. The van der Waals surface area contributed by atoms with Gasteiger partial charge in [0.05, 0.1) is 10.7 Å². The smallest absolute Gasteiger partial charge is 0.0636 e. The van der Waals surface area contributed by atoms with Gasteiger partial charge in [-0.05, 0) is 23.6 Å². The largest absolute Gasteiger partial charge is 0.397 e. The molecule has 2 N–H and O–H groups in total. The van der Waals surface area contributed by atoms with Crippen molar-refractivity contribution in [1.82, 2.24) is 0 Å². The van der Waals surface area contributed by atoms with Gasteiger partial charge in [-0.15, -0.1) is 0 Å². The third-order valence-corrected chi connectivity index (χ3v) is 2.93. The maximum Gasteiger partial charge on any atom is 0.0636 e. The number of halogens is 1. The molecule has 76 valence electrons. The average molecular weight is 211 g/mol. The summed E-state index contributed by atoms with van der Waals surface area (Å²) in [6.07, 6.45) is 0. The molecule has 1 aromatic rings. The van der Waals surface area contributed by atoms with Crippen LogP contribution in [0.15, 0.2) is 18.2 Å². The van der Waals surface area contributed by atoms with Gasteiger partial charge in [-0.2, -0.15) is 0 Å². The second-order valence-corrected chi connectivity index (χ2v) is 5.13. The molecule has 0 radical (unpaired) electrons. The fourth-order valence-corrected chi connectivity index (χ4v) is 2.02. The van der Waals surface area contributed by atoms with E-state index in [1.807, 2.05) is 18.2 Å². The maximum absolute atomic E-state index is 5.86. The average Bonchev–Trinajstić information content (AvgIpc) is 2.06. The van der Waals surface area contributed by atoms with Gasteiger partial charge in [-0.3, -0.25) is 0 Å². The molecule has 0 bridgehead atoms. The van der Waals surface area contributed by atoms with E-state index in [-0.39, 0.29) is 0 Å². The quantitative estimate of drug-likeness (QED) is 0.723. The highest BCUT2D eigenvalue weighted by atomic mass is 35.5. The summed E-state index contributed by atoms with van der Waals surface area (Å²) in [5.74, 6) is 0. The zero-order valence-electron chi connectivity index (χ0n) is 8.55. The molecular weight excluding hydrogens is 196 g/mol. The Morgan fingerprint density at radius 1 is 1.36 bits per heavy atom. The lowest BCUT2D eigenvalue weighted by atomic mass is 9.84. The molecule has 1 aromatic carbocycles. The second-order valence-electron chi connectivity index (χ2n) is 4.73. The summed E-state index contributed by atoms with van der Waals surface area (Å²) in [6, 6.07) is 5.82. The van der Waals surface area contributed by atoms with Crippen LogP contribution in [0.3, 0.4) is 0 Å². The van der Waals surface area contributed by atoms with E-state index >= 15 is 0 Å². The Bertz CT molecular complexity index is 352. The lowest BCUT2D eigenvalue weighted by Crippen LogP contribution is -2.53. The van der Waals surface area contributed by atoms with Gasteiger partial charge >= 0.3 is 0 Å². The van der Waals surface area contributed by atoms with Crippen molar-refractivity contribution in [2.24, 2.45) is 5.41 Å². The van der Waals surface area contributed by atoms with E-state index in [0.29, 0.717) is 16.1 Å². The molecule has 1 aliphatic rings. The number of hydrogen-bond acceptors (Lipinski definition) is 2. The predicted octanol–water partition coefficient (Wildman–Crippen LogP) is 2.77. The summed E-state index contributed by atoms with van der Waals surface area (Å²) in [5, 5.41) is 0.633. The van der Waals surface area contributed by atoms with Gasteiger partial charge in [-0.1, -0.05) is 25.4 Å². The maximum atomic E-state index is 5.86. The van der Waals surface area contributed by atoms with Gasteiger partial charge in [0.25, 0.3) is 0 Å². The topological polar surface area (TPSA) is 29.3 Å². The van der Waals surface area contributed by atoms with Crippen molar-refractivity contribution in [2.45, 2.75) is 13.8 Å². The lowest BCUT2D eigenvalue weighted by molar-refractivity contribution is 0.276. The zero-order valence-corrected chi connectivity index (χ0v) is 9.30. The van der Waals surface area contributed by atoms with Crippen molar-refractivity contribution in [3.8, 4) is 0 Å². The monoisotopic (exact) mass is 210 g/mol. The Hall–Kier alpha value is -0.890. The molecular formula is C11H15ClN2. The van der Waals surface area contributed by atoms with Gasteiger partial charge in [0.1, 0.15) is 0 Å². The Labute approximate surface area is 89.7 Å². The highest BCUT2D eigenvalue weighted by molar-refractivity contribution is 6.33. The summed E-state index contributed by atoms with van der Waals surface area (Å²) in [6.45, 7) is 6.72. The number of nitrogen functional groups attached to an aromatic ring is 1. The molecule has 0 saturated carbocycles. The van der Waals surface area contributed by atoms with Crippen molar-refractivity contribution >= 4 is 23.0 Å². The van der Waals surface area contributed by atoms with Crippen LogP contribution in [0.1, 0.15) is 13.8 Å². The van der Waals surface area contributed by atoms with Crippen molar-refractivity contribution in [3.63, 3.8) is 0 Å². The molecule has 2 rings (SSSR count). The zero-order chi connectivity index (χ0) is 10.3. The fourth-order valence-electron chi connectivity index (χ4n) is 1.90. The van der Waals surface area contributed by atoms with E-state index in [1.54, 1.807) is 0 Å². The number of nitrogens with two attached hydrogens (primary N) is 1. The normalized spacial score (nSPS) is 19.2. The highest BCUT2D eigenvalue weighted by Gasteiger charge is 2.34. The Morgan fingerprint density at radius 3 is 2.50 bits per heavy atom. The van der Waals surface area contributed by atoms with E-state index in [2.05, 4.69) is 18.7 Å². The van der Waals surface area contributed by atoms with Crippen LogP contribution < -0.4 is 10.6 Å². The SMILES string of the molecule is CC1(C)CN(c2ccc(Cl)c(N)c2)C1. The molecule has 2 nitrogen and oxygen atoms in total. The first-order chi connectivity index (χ1) is 6.48. The van der Waals surface area contributed by atoms with Crippen molar-refractivity contribution < 1.29 is 0 Å². The molecule has 1 aliphatic heterocycles. The van der Waals surface area contributed by atoms with E-state index < -0.39 is 0 Å². The number of rotatable bonds is 1. The number of nitrogens with zero attached hydrogens (tertiary/aromatic N) is 1. The Morgan fingerprint density at radius 2 is 2.00 bits per heavy atom. The van der Waals surface area contributed by atoms with E-state index in [1.165, 1.54) is 5.69 Å².